The van der Waals surface area contributed by atoms with E-state index < -0.39 is 11.8 Å². The molecule has 0 bridgehead atoms. The monoisotopic (exact) mass is 375 g/mol. The first-order chi connectivity index (χ1) is 13.6. The van der Waals surface area contributed by atoms with Gasteiger partial charge in [-0.25, -0.2) is 0 Å². The van der Waals surface area contributed by atoms with Gasteiger partial charge in [-0.3, -0.25) is 9.59 Å². The minimum Gasteiger partial charge on any atom is -0.508 e. The molecule has 0 aliphatic rings. The lowest BCUT2D eigenvalue weighted by Crippen LogP contribution is -2.36. The number of carbonyl (C=O) groups is 2. The summed E-state index contributed by atoms with van der Waals surface area (Å²) in [6.07, 6.45) is 0.569. The second-order valence-corrected chi connectivity index (χ2v) is 6.19. The lowest BCUT2D eigenvalue weighted by atomic mass is 10.1. The third-order valence-corrected chi connectivity index (χ3v) is 4.05. The Morgan fingerprint density at radius 2 is 1.32 bits per heavy atom. The van der Waals surface area contributed by atoms with Gasteiger partial charge in [0.2, 0.25) is 0 Å². The zero-order chi connectivity index (χ0) is 19.8. The standard InChI is InChI=1S/C22H21N3O3/c26-20-12-6-16(7-13-20)14-15-23-21(27)22(28)25-19-10-8-18(9-11-19)24-17-4-2-1-3-5-17/h1-13,24,26H,14-15H2,(H,23,27)(H,25,28). The Morgan fingerprint density at radius 3 is 2.00 bits per heavy atom. The number of para-hydroxylation sites is 1. The molecule has 3 rings (SSSR count). The van der Waals surface area contributed by atoms with Crippen molar-refractivity contribution >= 4 is 28.9 Å². The fourth-order valence-electron chi connectivity index (χ4n) is 2.58. The highest BCUT2D eigenvalue weighted by molar-refractivity contribution is 6.39. The van der Waals surface area contributed by atoms with Crippen LogP contribution in [0.5, 0.6) is 5.75 Å². The number of phenols is 1. The van der Waals surface area contributed by atoms with Crippen LogP contribution in [0.25, 0.3) is 0 Å². The predicted molar refractivity (Wildman–Crippen MR) is 110 cm³/mol. The Labute approximate surface area is 163 Å². The molecule has 6 nitrogen and oxygen atoms in total. The van der Waals surface area contributed by atoms with Crippen LogP contribution < -0.4 is 16.0 Å². The molecule has 2 amide bonds. The lowest BCUT2D eigenvalue weighted by Gasteiger charge is -2.09. The number of anilines is 3. The molecule has 0 aromatic heterocycles. The maximum atomic E-state index is 12.0. The molecule has 0 saturated carbocycles. The van der Waals surface area contributed by atoms with E-state index in [1.807, 2.05) is 42.5 Å². The maximum absolute atomic E-state index is 12.0. The lowest BCUT2D eigenvalue weighted by molar-refractivity contribution is -0.136. The summed E-state index contributed by atoms with van der Waals surface area (Å²) in [5, 5.41) is 17.7. The number of carbonyl (C=O) groups excluding carboxylic acids is 2. The molecule has 3 aromatic rings. The van der Waals surface area contributed by atoms with Crippen LogP contribution >= 0.6 is 0 Å². The fraction of sp³-hybridized carbons (Fsp3) is 0.0909. The quantitative estimate of drug-likeness (QED) is 0.497. The van der Waals surface area contributed by atoms with E-state index in [0.717, 1.165) is 16.9 Å². The highest BCUT2D eigenvalue weighted by atomic mass is 16.3. The van der Waals surface area contributed by atoms with Crippen molar-refractivity contribution in [3.63, 3.8) is 0 Å². The minimum atomic E-state index is -0.713. The summed E-state index contributed by atoms with van der Waals surface area (Å²) in [6.45, 7) is 0.330. The minimum absolute atomic E-state index is 0.192. The van der Waals surface area contributed by atoms with Crippen molar-refractivity contribution in [2.75, 3.05) is 17.2 Å². The largest absolute Gasteiger partial charge is 0.508 e. The number of aromatic hydroxyl groups is 1. The molecule has 0 fully saturated rings. The van der Waals surface area contributed by atoms with Crippen LogP contribution in [0.3, 0.4) is 0 Å². The molecule has 6 heteroatoms. The van der Waals surface area contributed by atoms with Gasteiger partial charge in [-0.05, 0) is 60.5 Å². The first kappa shape index (κ1) is 19.0. The van der Waals surface area contributed by atoms with Crippen molar-refractivity contribution in [1.82, 2.24) is 5.32 Å². The van der Waals surface area contributed by atoms with Gasteiger partial charge in [0.25, 0.3) is 0 Å². The van der Waals surface area contributed by atoms with Gasteiger partial charge < -0.3 is 21.1 Å². The normalized spacial score (nSPS) is 10.1. The average molecular weight is 375 g/mol. The van der Waals surface area contributed by atoms with Crippen molar-refractivity contribution in [3.05, 3.63) is 84.4 Å². The summed E-state index contributed by atoms with van der Waals surface area (Å²) < 4.78 is 0. The Hall–Kier alpha value is -3.80. The highest BCUT2D eigenvalue weighted by Gasteiger charge is 2.13. The van der Waals surface area contributed by atoms with E-state index in [1.54, 1.807) is 36.4 Å². The molecule has 0 aliphatic carbocycles. The van der Waals surface area contributed by atoms with Gasteiger partial charge in [-0.15, -0.1) is 0 Å². The Kier molecular flexibility index (Phi) is 6.25. The van der Waals surface area contributed by atoms with Gasteiger partial charge in [0.1, 0.15) is 5.75 Å². The molecular weight excluding hydrogens is 354 g/mol. The van der Waals surface area contributed by atoms with Crippen molar-refractivity contribution < 1.29 is 14.7 Å². The van der Waals surface area contributed by atoms with Crippen molar-refractivity contribution in [2.45, 2.75) is 6.42 Å². The third kappa shape index (κ3) is 5.60. The van der Waals surface area contributed by atoms with Crippen LogP contribution in [0.2, 0.25) is 0 Å². The SMILES string of the molecule is O=C(NCCc1ccc(O)cc1)C(=O)Nc1ccc(Nc2ccccc2)cc1. The highest BCUT2D eigenvalue weighted by Crippen LogP contribution is 2.18. The first-order valence-electron chi connectivity index (χ1n) is 8.89. The molecule has 3 aromatic carbocycles. The van der Waals surface area contributed by atoms with Gasteiger partial charge >= 0.3 is 11.8 Å². The zero-order valence-corrected chi connectivity index (χ0v) is 15.2. The molecule has 0 atom stereocenters. The molecular formula is C22H21N3O3. The Morgan fingerprint density at radius 1 is 0.714 bits per heavy atom. The van der Waals surface area contributed by atoms with E-state index in [9.17, 15) is 14.7 Å². The maximum Gasteiger partial charge on any atom is 0.313 e. The van der Waals surface area contributed by atoms with Crippen molar-refractivity contribution in [2.24, 2.45) is 0 Å². The zero-order valence-electron chi connectivity index (χ0n) is 15.2. The fourth-order valence-corrected chi connectivity index (χ4v) is 2.58. The summed E-state index contributed by atoms with van der Waals surface area (Å²) >= 11 is 0. The molecule has 4 N–H and O–H groups in total. The van der Waals surface area contributed by atoms with Crippen molar-refractivity contribution in [3.8, 4) is 5.75 Å². The van der Waals surface area contributed by atoms with Crippen molar-refractivity contribution in [1.29, 1.82) is 0 Å². The Bertz CT molecular complexity index is 924. The van der Waals surface area contributed by atoms with Crippen LogP contribution in [0.4, 0.5) is 17.1 Å². The van der Waals surface area contributed by atoms with Gasteiger partial charge in [-0.2, -0.15) is 0 Å². The number of nitrogens with one attached hydrogen (secondary N) is 3. The number of rotatable bonds is 6. The second kappa shape index (κ2) is 9.23. The molecule has 142 valence electrons. The average Bonchev–Trinajstić information content (AvgIpc) is 2.71. The second-order valence-electron chi connectivity index (χ2n) is 6.19. The van der Waals surface area contributed by atoms with E-state index in [4.69, 9.17) is 0 Å². The molecule has 0 radical (unpaired) electrons. The summed E-state index contributed by atoms with van der Waals surface area (Å²) in [7, 11) is 0. The van der Waals surface area contributed by atoms with Crippen LogP contribution in [0, 0.1) is 0 Å². The molecule has 28 heavy (non-hydrogen) atoms. The topological polar surface area (TPSA) is 90.5 Å². The smallest absolute Gasteiger partial charge is 0.313 e. The first-order valence-corrected chi connectivity index (χ1v) is 8.89. The van der Waals surface area contributed by atoms with E-state index in [0.29, 0.717) is 18.7 Å². The van der Waals surface area contributed by atoms with Gasteiger partial charge in [0.05, 0.1) is 0 Å². The van der Waals surface area contributed by atoms with Gasteiger partial charge in [0, 0.05) is 23.6 Å². The summed E-state index contributed by atoms with van der Waals surface area (Å²) in [4.78, 5) is 23.9. The van der Waals surface area contributed by atoms with Crippen LogP contribution in [-0.2, 0) is 16.0 Å². The summed E-state index contributed by atoms with van der Waals surface area (Å²) in [5.41, 5.74) is 3.34. The number of phenolic OH excluding ortho intramolecular Hbond substituents is 1. The number of benzene rings is 3. The van der Waals surface area contributed by atoms with Crippen LogP contribution in [0.15, 0.2) is 78.9 Å². The molecule has 0 spiro atoms. The number of amides is 2. The van der Waals surface area contributed by atoms with E-state index in [1.165, 1.54) is 0 Å². The third-order valence-electron chi connectivity index (χ3n) is 4.05. The number of hydrogen-bond donors (Lipinski definition) is 4. The van der Waals surface area contributed by atoms with Gasteiger partial charge in [-0.1, -0.05) is 30.3 Å². The molecule has 0 aliphatic heterocycles. The Balaban J connectivity index is 1.45. The van der Waals surface area contributed by atoms with E-state index >= 15 is 0 Å². The molecule has 0 saturated heterocycles. The summed E-state index contributed by atoms with van der Waals surface area (Å²) in [5.74, 6) is -1.21. The number of hydrogen-bond acceptors (Lipinski definition) is 4. The van der Waals surface area contributed by atoms with Crippen LogP contribution in [-0.4, -0.2) is 23.5 Å². The summed E-state index contributed by atoms with van der Waals surface area (Å²) in [6, 6.07) is 23.6. The van der Waals surface area contributed by atoms with E-state index in [2.05, 4.69) is 16.0 Å². The predicted octanol–water partition coefficient (Wildman–Crippen LogP) is 3.43. The molecule has 0 heterocycles. The van der Waals surface area contributed by atoms with Crippen LogP contribution in [0.1, 0.15) is 5.56 Å². The van der Waals surface area contributed by atoms with Gasteiger partial charge in [0.15, 0.2) is 0 Å². The van der Waals surface area contributed by atoms with E-state index in [-0.39, 0.29) is 5.75 Å². The molecule has 0 unspecified atom stereocenters.